The molecule has 21 heavy (non-hydrogen) atoms. The van der Waals surface area contributed by atoms with Crippen molar-refractivity contribution in [3.8, 4) is 0 Å². The Bertz CT molecular complexity index is 538. The van der Waals surface area contributed by atoms with E-state index in [1.54, 1.807) is 0 Å². The fourth-order valence-electron chi connectivity index (χ4n) is 3.75. The Morgan fingerprint density at radius 3 is 2.86 bits per heavy atom. The van der Waals surface area contributed by atoms with Crippen molar-refractivity contribution in [2.45, 2.75) is 46.1 Å². The van der Waals surface area contributed by atoms with Gasteiger partial charge < -0.3 is 10.2 Å². The van der Waals surface area contributed by atoms with Crippen molar-refractivity contribution in [3.05, 3.63) is 29.8 Å². The van der Waals surface area contributed by atoms with Gasteiger partial charge in [0.2, 0.25) is 5.91 Å². The highest BCUT2D eigenvalue weighted by Crippen LogP contribution is 2.33. The van der Waals surface area contributed by atoms with Gasteiger partial charge >= 0.3 is 0 Å². The lowest BCUT2D eigenvalue weighted by Crippen LogP contribution is -2.50. The smallest absolute Gasteiger partial charge is 0.228 e. The maximum atomic E-state index is 12.9. The van der Waals surface area contributed by atoms with Crippen LogP contribution in [0.1, 0.15) is 39.2 Å². The monoisotopic (exact) mass is 286 g/mol. The number of fused-ring (bicyclic) bond motifs is 1. The number of nitrogens with one attached hydrogen (secondary N) is 1. The standard InChI is InChI=1S/C18H26N2O/c1-13-15(11-14-7-4-5-8-16(14)19-13)17(21)20-10-6-9-18(2,3)12-20/h4-5,7-8,13,15,19H,6,9-12H2,1-3H3. The van der Waals surface area contributed by atoms with Gasteiger partial charge in [0, 0.05) is 24.8 Å². The van der Waals surface area contributed by atoms with E-state index in [4.69, 9.17) is 0 Å². The van der Waals surface area contributed by atoms with Gasteiger partial charge in [0.25, 0.3) is 0 Å². The van der Waals surface area contributed by atoms with Gasteiger partial charge in [-0.2, -0.15) is 0 Å². The van der Waals surface area contributed by atoms with Gasteiger partial charge in [0.15, 0.2) is 0 Å². The molecule has 1 amide bonds. The lowest BCUT2D eigenvalue weighted by molar-refractivity contribution is -0.139. The molecule has 3 rings (SSSR count). The molecule has 0 aromatic heterocycles. The Labute approximate surface area is 127 Å². The van der Waals surface area contributed by atoms with Crippen LogP contribution in [0.25, 0.3) is 0 Å². The third kappa shape index (κ3) is 2.92. The van der Waals surface area contributed by atoms with Crippen LogP contribution in [0.5, 0.6) is 0 Å². The summed E-state index contributed by atoms with van der Waals surface area (Å²) in [4.78, 5) is 15.0. The highest BCUT2D eigenvalue weighted by Gasteiger charge is 2.36. The van der Waals surface area contributed by atoms with E-state index in [-0.39, 0.29) is 17.4 Å². The van der Waals surface area contributed by atoms with E-state index in [9.17, 15) is 4.79 Å². The number of hydrogen-bond donors (Lipinski definition) is 1. The predicted molar refractivity (Wildman–Crippen MR) is 86.3 cm³/mol. The lowest BCUT2D eigenvalue weighted by Gasteiger charge is -2.41. The molecule has 2 atom stereocenters. The molecule has 1 saturated heterocycles. The van der Waals surface area contributed by atoms with Gasteiger partial charge in [-0.1, -0.05) is 32.0 Å². The van der Waals surface area contributed by atoms with E-state index >= 15 is 0 Å². The highest BCUT2D eigenvalue weighted by molar-refractivity contribution is 5.81. The number of rotatable bonds is 1. The van der Waals surface area contributed by atoms with Gasteiger partial charge in [-0.3, -0.25) is 4.79 Å². The Morgan fingerprint density at radius 2 is 2.10 bits per heavy atom. The number of para-hydroxylation sites is 1. The number of amides is 1. The SMILES string of the molecule is CC1Nc2ccccc2CC1C(=O)N1CCCC(C)(C)C1. The average Bonchev–Trinajstić information content (AvgIpc) is 2.44. The van der Waals surface area contributed by atoms with Crippen molar-refractivity contribution < 1.29 is 4.79 Å². The van der Waals surface area contributed by atoms with Crippen LogP contribution < -0.4 is 5.32 Å². The molecule has 1 fully saturated rings. The van der Waals surface area contributed by atoms with Crippen molar-refractivity contribution in [2.24, 2.45) is 11.3 Å². The molecule has 0 saturated carbocycles. The summed E-state index contributed by atoms with van der Waals surface area (Å²) in [6.07, 6.45) is 3.21. The third-order valence-corrected chi connectivity index (χ3v) is 4.97. The highest BCUT2D eigenvalue weighted by atomic mass is 16.2. The van der Waals surface area contributed by atoms with Gasteiger partial charge in [0.1, 0.15) is 0 Å². The molecule has 2 heterocycles. The molecule has 114 valence electrons. The van der Waals surface area contributed by atoms with Crippen LogP contribution in [-0.2, 0) is 11.2 Å². The van der Waals surface area contributed by atoms with E-state index in [1.165, 1.54) is 17.7 Å². The Balaban J connectivity index is 1.76. The van der Waals surface area contributed by atoms with Crippen LogP contribution in [-0.4, -0.2) is 29.9 Å². The molecule has 0 spiro atoms. The van der Waals surface area contributed by atoms with Crippen LogP contribution >= 0.6 is 0 Å². The third-order valence-electron chi connectivity index (χ3n) is 4.97. The molecule has 0 bridgehead atoms. The normalized spacial score (nSPS) is 27.7. The minimum absolute atomic E-state index is 0.0637. The summed E-state index contributed by atoms with van der Waals surface area (Å²) in [5.41, 5.74) is 2.72. The topological polar surface area (TPSA) is 32.3 Å². The summed E-state index contributed by atoms with van der Waals surface area (Å²) >= 11 is 0. The molecule has 3 nitrogen and oxygen atoms in total. The van der Waals surface area contributed by atoms with Crippen LogP contribution in [0, 0.1) is 11.3 Å². The molecule has 1 N–H and O–H groups in total. The van der Waals surface area contributed by atoms with Crippen LogP contribution in [0.4, 0.5) is 5.69 Å². The lowest BCUT2D eigenvalue weighted by atomic mass is 9.82. The minimum atomic E-state index is 0.0637. The quantitative estimate of drug-likeness (QED) is 0.859. The largest absolute Gasteiger partial charge is 0.382 e. The predicted octanol–water partition coefficient (Wildman–Crippen LogP) is 3.31. The zero-order chi connectivity index (χ0) is 15.0. The number of nitrogens with zero attached hydrogens (tertiary/aromatic N) is 1. The average molecular weight is 286 g/mol. The van der Waals surface area contributed by atoms with Crippen molar-refractivity contribution in [1.82, 2.24) is 4.90 Å². The molecule has 2 aliphatic rings. The number of likely N-dealkylation sites (tertiary alicyclic amines) is 1. The Hall–Kier alpha value is -1.51. The molecular weight excluding hydrogens is 260 g/mol. The number of piperidine rings is 1. The molecule has 1 aromatic rings. The maximum Gasteiger partial charge on any atom is 0.228 e. The second-order valence-corrected chi connectivity index (χ2v) is 7.43. The van der Waals surface area contributed by atoms with E-state index in [2.05, 4.69) is 49.2 Å². The van der Waals surface area contributed by atoms with Crippen molar-refractivity contribution in [1.29, 1.82) is 0 Å². The van der Waals surface area contributed by atoms with Crippen LogP contribution in [0.2, 0.25) is 0 Å². The Kier molecular flexibility index (Phi) is 3.68. The van der Waals surface area contributed by atoms with Crippen LogP contribution in [0.3, 0.4) is 0 Å². The maximum absolute atomic E-state index is 12.9. The second-order valence-electron chi connectivity index (χ2n) is 7.43. The first kappa shape index (κ1) is 14.4. The molecule has 3 heteroatoms. The van der Waals surface area contributed by atoms with Gasteiger partial charge in [-0.05, 0) is 43.2 Å². The summed E-state index contributed by atoms with van der Waals surface area (Å²) in [6, 6.07) is 8.55. The summed E-state index contributed by atoms with van der Waals surface area (Å²) in [5.74, 6) is 0.395. The first-order valence-electron chi connectivity index (χ1n) is 8.09. The zero-order valence-electron chi connectivity index (χ0n) is 13.4. The van der Waals surface area contributed by atoms with Gasteiger partial charge in [-0.25, -0.2) is 0 Å². The molecule has 1 aromatic carbocycles. The van der Waals surface area contributed by atoms with Crippen LogP contribution in [0.15, 0.2) is 24.3 Å². The fraction of sp³-hybridized carbons (Fsp3) is 0.611. The van der Waals surface area contributed by atoms with E-state index in [0.29, 0.717) is 5.91 Å². The molecule has 2 aliphatic heterocycles. The minimum Gasteiger partial charge on any atom is -0.382 e. The molecular formula is C18H26N2O. The number of benzene rings is 1. The molecule has 0 aliphatic carbocycles. The first-order chi connectivity index (χ1) is 9.96. The summed E-state index contributed by atoms with van der Waals surface area (Å²) in [6.45, 7) is 8.49. The summed E-state index contributed by atoms with van der Waals surface area (Å²) < 4.78 is 0. The van der Waals surface area contributed by atoms with E-state index < -0.39 is 0 Å². The van der Waals surface area contributed by atoms with Gasteiger partial charge in [-0.15, -0.1) is 0 Å². The Morgan fingerprint density at radius 1 is 1.33 bits per heavy atom. The fourth-order valence-corrected chi connectivity index (χ4v) is 3.75. The number of carbonyl (C=O) groups is 1. The van der Waals surface area contributed by atoms with E-state index in [1.807, 2.05) is 6.07 Å². The first-order valence-corrected chi connectivity index (χ1v) is 8.09. The van der Waals surface area contributed by atoms with Crippen molar-refractivity contribution in [2.75, 3.05) is 18.4 Å². The number of hydrogen-bond acceptors (Lipinski definition) is 2. The number of anilines is 1. The second kappa shape index (κ2) is 5.36. The van der Waals surface area contributed by atoms with Crippen molar-refractivity contribution >= 4 is 11.6 Å². The van der Waals surface area contributed by atoms with E-state index in [0.717, 1.165) is 25.9 Å². The summed E-state index contributed by atoms with van der Waals surface area (Å²) in [5, 5.41) is 3.50. The van der Waals surface area contributed by atoms with Gasteiger partial charge in [0.05, 0.1) is 5.92 Å². The van der Waals surface area contributed by atoms with Crippen molar-refractivity contribution in [3.63, 3.8) is 0 Å². The number of carbonyl (C=O) groups excluding carboxylic acids is 1. The zero-order valence-corrected chi connectivity index (χ0v) is 13.4. The summed E-state index contributed by atoms with van der Waals surface area (Å²) in [7, 11) is 0. The molecule has 0 radical (unpaired) electrons. The molecule has 2 unspecified atom stereocenters.